The monoisotopic (exact) mass is 378 g/mol. The Bertz CT molecular complexity index is 471. The van der Waals surface area contributed by atoms with E-state index in [9.17, 15) is 14.4 Å². The van der Waals surface area contributed by atoms with Crippen molar-refractivity contribution in [3.8, 4) is 0 Å². The zero-order valence-corrected chi connectivity index (χ0v) is 15.6. The number of carbonyl (C=O) groups is 3. The molecule has 0 unspecified atom stereocenters. The van der Waals surface area contributed by atoms with Crippen molar-refractivity contribution >= 4 is 24.0 Å². The number of rotatable bonds is 11. The maximum atomic E-state index is 11.5. The van der Waals surface area contributed by atoms with Gasteiger partial charge in [0.05, 0.1) is 26.4 Å². The van der Waals surface area contributed by atoms with Crippen LogP contribution in [-0.4, -0.2) is 63.0 Å². The maximum Gasteiger partial charge on any atom is 0.476 e. The van der Waals surface area contributed by atoms with Crippen LogP contribution in [0.2, 0.25) is 0 Å². The van der Waals surface area contributed by atoms with Gasteiger partial charge in [-0.05, 0) is 27.2 Å². The van der Waals surface area contributed by atoms with Crippen LogP contribution in [0, 0.1) is 0 Å². The van der Waals surface area contributed by atoms with Crippen LogP contribution in [0.25, 0.3) is 0 Å². The molecule has 0 fully saturated rings. The zero-order chi connectivity index (χ0) is 19.8. The van der Waals surface area contributed by atoms with Crippen LogP contribution in [0.4, 0.5) is 4.79 Å². The fraction of sp³-hybridized carbons (Fsp3) is 0.733. The Morgan fingerprint density at radius 1 is 1.04 bits per heavy atom. The number of hydrogen-bond acceptors (Lipinski definition) is 7. The number of hydroxylamine groups is 1. The molecule has 0 aliphatic heterocycles. The van der Waals surface area contributed by atoms with E-state index in [1.807, 2.05) is 0 Å². The molecule has 0 aromatic heterocycles. The summed E-state index contributed by atoms with van der Waals surface area (Å²) in [6.07, 6.45) is 0.395. The van der Waals surface area contributed by atoms with Gasteiger partial charge in [0.1, 0.15) is 0 Å². The third-order valence-corrected chi connectivity index (χ3v) is 2.82. The van der Waals surface area contributed by atoms with Gasteiger partial charge in [-0.3, -0.25) is 4.99 Å². The zero-order valence-electron chi connectivity index (χ0n) is 15.6. The summed E-state index contributed by atoms with van der Waals surface area (Å²) in [5, 5.41) is 2.40. The lowest BCUT2D eigenvalue weighted by Crippen LogP contribution is -2.80. The molecule has 0 bridgehead atoms. The number of hydrogen-bond donors (Lipinski definition) is 4. The molecule has 0 aromatic carbocycles. The molecule has 1 atom stereocenters. The van der Waals surface area contributed by atoms with Gasteiger partial charge in [-0.1, -0.05) is 0 Å². The van der Waals surface area contributed by atoms with Crippen molar-refractivity contribution in [1.29, 1.82) is 0 Å². The largest absolute Gasteiger partial charge is 0.476 e. The molecule has 0 aliphatic carbocycles. The lowest BCUT2D eigenvalue weighted by Gasteiger charge is -2.07. The van der Waals surface area contributed by atoms with Gasteiger partial charge in [-0.2, -0.15) is 5.32 Å². The van der Waals surface area contributed by atoms with Crippen molar-refractivity contribution in [3.05, 3.63) is 0 Å². The average molecular weight is 378 g/mol. The summed E-state index contributed by atoms with van der Waals surface area (Å²) >= 11 is 0. The summed E-state index contributed by atoms with van der Waals surface area (Å²) in [6.45, 7) is 5.90. The molecule has 26 heavy (non-hydrogen) atoms. The van der Waals surface area contributed by atoms with Crippen LogP contribution < -0.4 is 21.5 Å². The molecule has 0 spiro atoms. The van der Waals surface area contributed by atoms with Crippen molar-refractivity contribution in [1.82, 2.24) is 10.8 Å². The molecule has 11 heteroatoms. The van der Waals surface area contributed by atoms with Crippen LogP contribution in [-0.2, 0) is 28.6 Å². The third-order valence-electron chi connectivity index (χ3n) is 2.82. The normalized spacial score (nSPS) is 12.1. The highest BCUT2D eigenvalue weighted by molar-refractivity contribution is 5.90. The number of carbonyl (C=O) groups excluding carboxylic acids is 3. The molecule has 0 aromatic rings. The van der Waals surface area contributed by atoms with E-state index in [4.69, 9.17) is 19.0 Å². The van der Waals surface area contributed by atoms with Gasteiger partial charge in [0.25, 0.3) is 0 Å². The van der Waals surface area contributed by atoms with E-state index in [1.54, 1.807) is 20.8 Å². The molecule has 6 N–H and O–H groups in total. The van der Waals surface area contributed by atoms with Crippen molar-refractivity contribution in [3.63, 3.8) is 0 Å². The van der Waals surface area contributed by atoms with E-state index in [0.29, 0.717) is 26.0 Å². The number of nitrogens with one attached hydrogen (secondary N) is 3. The Kier molecular flexibility index (Phi) is 13.5. The minimum atomic E-state index is -0.691. The summed E-state index contributed by atoms with van der Waals surface area (Å²) in [6, 6.07) is -0.466. The van der Waals surface area contributed by atoms with Crippen LogP contribution in [0.1, 0.15) is 33.6 Å². The molecule has 0 saturated carbocycles. The van der Waals surface area contributed by atoms with Crippen LogP contribution in [0.3, 0.4) is 0 Å². The Labute approximate surface area is 152 Å². The molecule has 0 rings (SSSR count). The summed E-state index contributed by atoms with van der Waals surface area (Å²) in [4.78, 5) is 42.0. The lowest BCUT2D eigenvalue weighted by molar-refractivity contribution is -0.468. The maximum absolute atomic E-state index is 11.5. The predicted molar refractivity (Wildman–Crippen MR) is 89.3 cm³/mol. The Balaban J connectivity index is 4.43. The molecule has 0 radical (unpaired) electrons. The van der Waals surface area contributed by atoms with Gasteiger partial charge < -0.3 is 19.9 Å². The van der Waals surface area contributed by atoms with Gasteiger partial charge in [0.15, 0.2) is 12.6 Å². The highest BCUT2D eigenvalue weighted by Crippen LogP contribution is 1.93. The highest BCUT2D eigenvalue weighted by atomic mass is 16.7. The minimum Gasteiger partial charge on any atom is -0.464 e. The molecule has 0 heterocycles. The van der Waals surface area contributed by atoms with Crippen LogP contribution in [0.5, 0.6) is 0 Å². The molecule has 11 nitrogen and oxygen atoms in total. The van der Waals surface area contributed by atoms with Crippen LogP contribution in [0.15, 0.2) is 0 Å². The fourth-order valence-electron chi connectivity index (χ4n) is 1.68. The van der Waals surface area contributed by atoms with E-state index < -0.39 is 18.1 Å². The highest BCUT2D eigenvalue weighted by Gasteiger charge is 2.18. The minimum absolute atomic E-state index is 0.101. The average Bonchev–Trinajstić information content (AvgIpc) is 2.58. The second-order valence-electron chi connectivity index (χ2n) is 4.93. The number of esters is 2. The van der Waals surface area contributed by atoms with E-state index in [-0.39, 0.29) is 31.7 Å². The van der Waals surface area contributed by atoms with Gasteiger partial charge >= 0.3 is 24.0 Å². The smallest absolute Gasteiger partial charge is 0.464 e. The Morgan fingerprint density at radius 2 is 1.69 bits per heavy atom. The lowest BCUT2D eigenvalue weighted by atomic mass is 10.2. The number of alkyl carbamates (subject to hydrolysis) is 1. The first-order valence-electron chi connectivity index (χ1n) is 8.52. The predicted octanol–water partition coefficient (Wildman–Crippen LogP) is -2.79. The summed E-state index contributed by atoms with van der Waals surface area (Å²) in [7, 11) is 0. The second kappa shape index (κ2) is 14.9. The number of amides is 1. The molecule has 0 saturated heterocycles. The first-order valence-corrected chi connectivity index (χ1v) is 8.52. The quantitative estimate of drug-likeness (QED) is 0.0751. The molecule has 1 amide bonds. The molecular formula is C15H30N4O7+2. The van der Waals surface area contributed by atoms with E-state index >= 15 is 0 Å². The number of ether oxygens (including phenoxy) is 3. The third kappa shape index (κ3) is 12.0. The fourth-order valence-corrected chi connectivity index (χ4v) is 1.68. The number of guanidine groups is 1. The second-order valence-corrected chi connectivity index (χ2v) is 4.93. The van der Waals surface area contributed by atoms with Crippen LogP contribution >= 0.6 is 0 Å². The van der Waals surface area contributed by atoms with Gasteiger partial charge in [-0.25, -0.2) is 19.2 Å². The van der Waals surface area contributed by atoms with Crippen molar-refractivity contribution in [2.24, 2.45) is 0 Å². The molecular weight excluding hydrogens is 348 g/mol. The molecule has 150 valence electrons. The van der Waals surface area contributed by atoms with E-state index in [0.717, 1.165) is 0 Å². The van der Waals surface area contributed by atoms with E-state index in [1.165, 1.54) is 0 Å². The first-order chi connectivity index (χ1) is 12.4. The Hall–Kier alpha value is -2.40. The van der Waals surface area contributed by atoms with Gasteiger partial charge in [0.2, 0.25) is 0 Å². The van der Waals surface area contributed by atoms with Crippen molar-refractivity contribution < 1.29 is 44.2 Å². The van der Waals surface area contributed by atoms with E-state index in [2.05, 4.69) is 21.5 Å². The van der Waals surface area contributed by atoms with Gasteiger partial charge in [0, 0.05) is 6.42 Å². The summed E-state index contributed by atoms with van der Waals surface area (Å²) in [5.41, 5.74) is 6.16. The SMILES string of the molecule is CCOC(=O)CONC(NC(=O)OCC)=[NH+]CCC[C@H]([NH3+])C(=O)OCC. The topological polar surface area (TPSA) is 154 Å². The van der Waals surface area contributed by atoms with Gasteiger partial charge in [-0.15, -0.1) is 5.48 Å². The summed E-state index contributed by atoms with van der Waals surface area (Å²) in [5.74, 6) is -0.799. The molecule has 0 aliphatic rings. The number of quaternary nitrogens is 1. The summed E-state index contributed by atoms with van der Waals surface area (Å²) < 4.78 is 14.4. The Morgan fingerprint density at radius 3 is 2.31 bits per heavy atom. The van der Waals surface area contributed by atoms with Crippen molar-refractivity contribution in [2.45, 2.75) is 39.7 Å². The first kappa shape index (κ1) is 23.6. The standard InChI is InChI=1S/C15H28N4O7/c1-4-23-12(20)10-26-19-14(18-15(22)25-6-3)17-9-7-8-11(16)13(21)24-5-2/h11H,4-10,16H2,1-3H3,(H2,17,18,19,22)/p+2/t11-/m0/s1. The van der Waals surface area contributed by atoms with Crippen molar-refractivity contribution in [2.75, 3.05) is 33.0 Å².